The van der Waals surface area contributed by atoms with Crippen molar-refractivity contribution in [2.75, 3.05) is 26.4 Å². The number of hydrogen-bond acceptors (Lipinski definition) is 4. The van der Waals surface area contributed by atoms with E-state index in [-0.39, 0.29) is 17.3 Å². The molecule has 19 heavy (non-hydrogen) atoms. The Kier molecular flexibility index (Phi) is 4.54. The van der Waals surface area contributed by atoms with E-state index in [1.165, 1.54) is 14.1 Å². The van der Waals surface area contributed by atoms with E-state index in [0.717, 1.165) is 9.87 Å². The van der Waals surface area contributed by atoms with Crippen molar-refractivity contribution >= 4 is 21.6 Å². The van der Waals surface area contributed by atoms with Gasteiger partial charge in [0.1, 0.15) is 0 Å². The standard InChI is InChI=1S/C12H19N3O3S/c1-8-5-10(13)9(2)11(6-8)19(17,18)15(4)7-12(16)14-3/h5-6H,7,13H2,1-4H3,(H,14,16). The van der Waals surface area contributed by atoms with Gasteiger partial charge in [0.2, 0.25) is 15.9 Å². The van der Waals surface area contributed by atoms with Gasteiger partial charge in [-0.2, -0.15) is 4.31 Å². The normalized spacial score (nSPS) is 11.6. The summed E-state index contributed by atoms with van der Waals surface area (Å²) in [6.07, 6.45) is 0. The molecule has 3 N–H and O–H groups in total. The predicted octanol–water partition coefficient (Wildman–Crippen LogP) is 0.252. The van der Waals surface area contributed by atoms with Crippen LogP contribution >= 0.6 is 0 Å². The number of rotatable bonds is 4. The van der Waals surface area contributed by atoms with Gasteiger partial charge in [-0.1, -0.05) is 0 Å². The molecule has 1 aromatic rings. The van der Waals surface area contributed by atoms with Crippen LogP contribution in [0.2, 0.25) is 0 Å². The highest BCUT2D eigenvalue weighted by Gasteiger charge is 2.25. The number of carbonyl (C=O) groups is 1. The fourth-order valence-corrected chi connectivity index (χ4v) is 3.12. The van der Waals surface area contributed by atoms with E-state index in [4.69, 9.17) is 5.73 Å². The van der Waals surface area contributed by atoms with E-state index < -0.39 is 10.0 Å². The summed E-state index contributed by atoms with van der Waals surface area (Å²) in [6, 6.07) is 3.27. The van der Waals surface area contributed by atoms with Crippen LogP contribution in [-0.2, 0) is 14.8 Å². The third kappa shape index (κ3) is 3.24. The van der Waals surface area contributed by atoms with Crippen molar-refractivity contribution < 1.29 is 13.2 Å². The molecule has 1 amide bonds. The molecule has 0 unspecified atom stereocenters. The number of amides is 1. The Balaban J connectivity index is 3.24. The van der Waals surface area contributed by atoms with Gasteiger partial charge in [-0.3, -0.25) is 4.79 Å². The van der Waals surface area contributed by atoms with E-state index in [1.807, 2.05) is 0 Å². The van der Waals surface area contributed by atoms with Gasteiger partial charge in [-0.25, -0.2) is 8.42 Å². The lowest BCUT2D eigenvalue weighted by atomic mass is 10.1. The van der Waals surface area contributed by atoms with Crippen LogP contribution in [0, 0.1) is 13.8 Å². The van der Waals surface area contributed by atoms with Gasteiger partial charge in [0, 0.05) is 19.8 Å². The number of anilines is 1. The number of aryl methyl sites for hydroxylation is 1. The van der Waals surface area contributed by atoms with Crippen molar-refractivity contribution in [1.82, 2.24) is 9.62 Å². The summed E-state index contributed by atoms with van der Waals surface area (Å²) in [4.78, 5) is 11.4. The first-order valence-electron chi connectivity index (χ1n) is 5.73. The Hall–Kier alpha value is -1.60. The molecule has 0 atom stereocenters. The van der Waals surface area contributed by atoms with Crippen molar-refractivity contribution in [2.24, 2.45) is 0 Å². The highest BCUT2D eigenvalue weighted by molar-refractivity contribution is 7.89. The summed E-state index contributed by atoms with van der Waals surface area (Å²) in [7, 11) is -0.907. The van der Waals surface area contributed by atoms with Gasteiger partial charge < -0.3 is 11.1 Å². The summed E-state index contributed by atoms with van der Waals surface area (Å²) >= 11 is 0. The summed E-state index contributed by atoms with van der Waals surface area (Å²) in [5, 5.41) is 2.39. The van der Waals surface area contributed by atoms with Crippen LogP contribution in [0.15, 0.2) is 17.0 Å². The third-order valence-electron chi connectivity index (χ3n) is 2.88. The number of benzene rings is 1. The largest absolute Gasteiger partial charge is 0.398 e. The lowest BCUT2D eigenvalue weighted by molar-refractivity contribution is -0.120. The Labute approximate surface area is 113 Å². The number of nitrogens with one attached hydrogen (secondary N) is 1. The molecule has 0 aliphatic rings. The van der Waals surface area contributed by atoms with Gasteiger partial charge in [-0.15, -0.1) is 0 Å². The minimum Gasteiger partial charge on any atom is -0.398 e. The molecular weight excluding hydrogens is 266 g/mol. The molecule has 6 nitrogen and oxygen atoms in total. The molecule has 0 saturated carbocycles. The number of hydrogen-bond donors (Lipinski definition) is 2. The van der Waals surface area contributed by atoms with Crippen LogP contribution in [0.3, 0.4) is 0 Å². The fraction of sp³-hybridized carbons (Fsp3) is 0.417. The molecule has 0 radical (unpaired) electrons. The second-order valence-electron chi connectivity index (χ2n) is 4.41. The fourth-order valence-electron chi connectivity index (χ4n) is 1.65. The van der Waals surface area contributed by atoms with E-state index >= 15 is 0 Å². The molecule has 0 heterocycles. The Morgan fingerprint density at radius 1 is 1.37 bits per heavy atom. The Morgan fingerprint density at radius 3 is 2.47 bits per heavy atom. The number of sulfonamides is 1. The average molecular weight is 285 g/mol. The van der Waals surface area contributed by atoms with Crippen molar-refractivity contribution in [3.63, 3.8) is 0 Å². The van der Waals surface area contributed by atoms with Crippen molar-refractivity contribution in [3.05, 3.63) is 23.3 Å². The van der Waals surface area contributed by atoms with E-state index in [0.29, 0.717) is 11.3 Å². The Bertz CT molecular complexity index is 596. The van der Waals surface area contributed by atoms with Gasteiger partial charge >= 0.3 is 0 Å². The summed E-state index contributed by atoms with van der Waals surface area (Å²) < 4.78 is 25.8. The van der Waals surface area contributed by atoms with Crippen LogP contribution in [-0.4, -0.2) is 39.3 Å². The molecule has 7 heteroatoms. The second-order valence-corrected chi connectivity index (χ2v) is 6.42. The van der Waals surface area contributed by atoms with E-state index in [1.54, 1.807) is 26.0 Å². The van der Waals surface area contributed by atoms with Crippen LogP contribution in [0.25, 0.3) is 0 Å². The summed E-state index contributed by atoms with van der Waals surface area (Å²) in [5.74, 6) is -0.371. The number of nitrogens with two attached hydrogens (primary N) is 1. The van der Waals surface area contributed by atoms with Crippen LogP contribution < -0.4 is 11.1 Å². The van der Waals surface area contributed by atoms with Gasteiger partial charge in [0.05, 0.1) is 11.4 Å². The molecule has 0 spiro atoms. The molecule has 1 aromatic carbocycles. The summed E-state index contributed by atoms with van der Waals surface area (Å²) in [6.45, 7) is 3.19. The highest BCUT2D eigenvalue weighted by atomic mass is 32.2. The second kappa shape index (κ2) is 5.58. The predicted molar refractivity (Wildman–Crippen MR) is 74.2 cm³/mol. The zero-order valence-corrected chi connectivity index (χ0v) is 12.3. The first-order valence-corrected chi connectivity index (χ1v) is 7.17. The number of likely N-dealkylation sites (N-methyl/N-ethyl adjacent to an activating group) is 2. The molecule has 0 aliphatic heterocycles. The molecule has 0 aromatic heterocycles. The zero-order valence-electron chi connectivity index (χ0n) is 11.5. The molecule has 0 saturated heterocycles. The monoisotopic (exact) mass is 285 g/mol. The topological polar surface area (TPSA) is 92.5 Å². The molecule has 0 bridgehead atoms. The number of nitrogen functional groups attached to an aromatic ring is 1. The van der Waals surface area contributed by atoms with Gasteiger partial charge in [-0.05, 0) is 37.1 Å². The number of nitrogens with zero attached hydrogens (tertiary/aromatic N) is 1. The third-order valence-corrected chi connectivity index (χ3v) is 4.81. The minimum atomic E-state index is -3.73. The smallest absolute Gasteiger partial charge is 0.243 e. The van der Waals surface area contributed by atoms with Crippen molar-refractivity contribution in [2.45, 2.75) is 18.7 Å². The minimum absolute atomic E-state index is 0.136. The molecule has 106 valence electrons. The first-order chi connectivity index (χ1) is 8.70. The van der Waals surface area contributed by atoms with Crippen molar-refractivity contribution in [1.29, 1.82) is 0 Å². The maximum Gasteiger partial charge on any atom is 0.243 e. The lowest BCUT2D eigenvalue weighted by Gasteiger charge is -2.19. The molecular formula is C12H19N3O3S. The first kappa shape index (κ1) is 15.5. The highest BCUT2D eigenvalue weighted by Crippen LogP contribution is 2.25. The van der Waals surface area contributed by atoms with Crippen LogP contribution in [0.4, 0.5) is 5.69 Å². The molecule has 0 aliphatic carbocycles. The Morgan fingerprint density at radius 2 is 1.95 bits per heavy atom. The average Bonchev–Trinajstić information content (AvgIpc) is 2.33. The quantitative estimate of drug-likeness (QED) is 0.776. The molecule has 0 fully saturated rings. The van der Waals surface area contributed by atoms with Crippen LogP contribution in [0.1, 0.15) is 11.1 Å². The zero-order chi connectivity index (χ0) is 14.8. The maximum atomic E-state index is 12.4. The molecule has 1 rings (SSSR count). The lowest BCUT2D eigenvalue weighted by Crippen LogP contribution is -2.37. The van der Waals surface area contributed by atoms with E-state index in [9.17, 15) is 13.2 Å². The van der Waals surface area contributed by atoms with Crippen LogP contribution in [0.5, 0.6) is 0 Å². The van der Waals surface area contributed by atoms with Crippen molar-refractivity contribution in [3.8, 4) is 0 Å². The van der Waals surface area contributed by atoms with Gasteiger partial charge in [0.25, 0.3) is 0 Å². The van der Waals surface area contributed by atoms with E-state index in [2.05, 4.69) is 5.32 Å². The number of carbonyl (C=O) groups excluding carboxylic acids is 1. The van der Waals surface area contributed by atoms with Gasteiger partial charge in [0.15, 0.2) is 0 Å². The summed E-state index contributed by atoms with van der Waals surface area (Å²) in [5.41, 5.74) is 7.46. The SMILES string of the molecule is CNC(=O)CN(C)S(=O)(=O)c1cc(C)cc(N)c1C. The maximum absolute atomic E-state index is 12.4.